The topological polar surface area (TPSA) is 90.9 Å². The van der Waals surface area contributed by atoms with Gasteiger partial charge in [0.1, 0.15) is 5.60 Å². The van der Waals surface area contributed by atoms with Crippen molar-refractivity contribution >= 4 is 41.4 Å². The number of carbonyl (C=O) groups is 3. The van der Waals surface area contributed by atoms with Crippen LogP contribution in [0.25, 0.3) is 0 Å². The third-order valence-corrected chi connectivity index (χ3v) is 6.71. The number of ether oxygens (including phenoxy) is 3. The van der Waals surface area contributed by atoms with Crippen molar-refractivity contribution in [3.8, 4) is 0 Å². The fourth-order valence-corrected chi connectivity index (χ4v) is 4.91. The minimum Gasteiger partial charge on any atom is -0.464 e. The van der Waals surface area contributed by atoms with Gasteiger partial charge >= 0.3 is 24.2 Å². The molecule has 0 radical (unpaired) electrons. The number of halogens is 4. The summed E-state index contributed by atoms with van der Waals surface area (Å²) in [5.74, 6) is -1.95. The summed E-state index contributed by atoms with van der Waals surface area (Å²) in [5, 5.41) is 2.74. The lowest BCUT2D eigenvalue weighted by atomic mass is 9.91. The molecule has 2 aromatic carbocycles. The van der Waals surface area contributed by atoms with Crippen LogP contribution in [0.5, 0.6) is 0 Å². The Hall–Kier alpha value is -2.92. The number of hydrogen-bond donors (Lipinski definition) is 1. The van der Waals surface area contributed by atoms with Crippen LogP contribution in [0.3, 0.4) is 0 Å². The van der Waals surface area contributed by atoms with Crippen LogP contribution in [0.1, 0.15) is 58.6 Å². The van der Waals surface area contributed by atoms with Gasteiger partial charge in [-0.3, -0.25) is 5.32 Å². The van der Waals surface area contributed by atoms with Crippen LogP contribution in [0, 0.1) is 0 Å². The highest BCUT2D eigenvalue weighted by Crippen LogP contribution is 2.36. The van der Waals surface area contributed by atoms with Crippen molar-refractivity contribution in [2.24, 2.45) is 0 Å². The molecule has 0 unspecified atom stereocenters. The highest BCUT2D eigenvalue weighted by molar-refractivity contribution is 7.99. The first-order chi connectivity index (χ1) is 18.6. The second-order valence-corrected chi connectivity index (χ2v) is 11.3. The Labute approximate surface area is 241 Å². The van der Waals surface area contributed by atoms with E-state index in [4.69, 9.17) is 25.8 Å². The highest BCUT2D eigenvalue weighted by Gasteiger charge is 2.50. The van der Waals surface area contributed by atoms with E-state index in [1.807, 2.05) is 0 Å². The van der Waals surface area contributed by atoms with E-state index in [0.29, 0.717) is 26.8 Å². The number of rotatable bonds is 11. The molecule has 0 heterocycles. The molecule has 0 aliphatic carbocycles. The normalized spacial score (nSPS) is 12.0. The Bertz CT molecular complexity index is 1180. The summed E-state index contributed by atoms with van der Waals surface area (Å²) < 4.78 is 54.6. The van der Waals surface area contributed by atoms with Crippen molar-refractivity contribution in [1.82, 2.24) is 5.32 Å². The Morgan fingerprint density at radius 1 is 0.925 bits per heavy atom. The predicted molar refractivity (Wildman–Crippen MR) is 145 cm³/mol. The third-order valence-electron chi connectivity index (χ3n) is 5.38. The summed E-state index contributed by atoms with van der Waals surface area (Å²) in [7, 11) is 0. The molecular formula is C28H33ClF3NO6S. The van der Waals surface area contributed by atoms with Crippen molar-refractivity contribution < 1.29 is 41.8 Å². The average molecular weight is 604 g/mol. The van der Waals surface area contributed by atoms with Gasteiger partial charge in [0.2, 0.25) is 5.54 Å². The Balaban J connectivity index is 2.22. The molecule has 0 bridgehead atoms. The van der Waals surface area contributed by atoms with E-state index >= 15 is 0 Å². The smallest absolute Gasteiger partial charge is 0.416 e. The fraction of sp³-hybridized carbons (Fsp3) is 0.464. The van der Waals surface area contributed by atoms with Crippen LogP contribution in [0.2, 0.25) is 5.02 Å². The van der Waals surface area contributed by atoms with E-state index < -0.39 is 40.9 Å². The number of carbonyl (C=O) groups excluding carboxylic acids is 3. The number of amides is 1. The minimum absolute atomic E-state index is 0.0349. The lowest BCUT2D eigenvalue weighted by molar-refractivity contribution is -0.166. The van der Waals surface area contributed by atoms with E-state index in [1.54, 1.807) is 58.9 Å². The Morgan fingerprint density at radius 2 is 1.52 bits per heavy atom. The molecule has 0 aliphatic rings. The molecule has 2 rings (SSSR count). The average Bonchev–Trinajstić information content (AvgIpc) is 2.83. The maximum atomic E-state index is 13.0. The van der Waals surface area contributed by atoms with Gasteiger partial charge in [0.15, 0.2) is 0 Å². The second-order valence-electron chi connectivity index (χ2n) is 9.71. The van der Waals surface area contributed by atoms with Gasteiger partial charge in [-0.15, -0.1) is 0 Å². The lowest BCUT2D eigenvalue weighted by Crippen LogP contribution is -2.62. The first-order valence-corrected chi connectivity index (χ1v) is 13.8. The van der Waals surface area contributed by atoms with Crippen LogP contribution in [-0.4, -0.2) is 42.4 Å². The number of aryl methyl sites for hydroxylation is 1. The SMILES string of the molecule is CCOC(=O)C(CCCc1ccc(Sc2cccc(C(F)(F)F)c2)cc1Cl)(NC(=O)OC(C)(C)C)C(=O)OCC. The predicted octanol–water partition coefficient (Wildman–Crippen LogP) is 7.22. The molecule has 0 aromatic heterocycles. The zero-order chi connectivity index (χ0) is 30.1. The molecular weight excluding hydrogens is 571 g/mol. The number of alkyl carbamates (subject to hydrolysis) is 1. The summed E-state index contributed by atoms with van der Waals surface area (Å²) in [6.45, 7) is 7.99. The third kappa shape index (κ3) is 9.62. The number of nitrogens with one attached hydrogen (secondary N) is 1. The van der Waals surface area contributed by atoms with Crippen LogP contribution in [0.15, 0.2) is 52.3 Å². The molecule has 0 aliphatic heterocycles. The van der Waals surface area contributed by atoms with Crippen molar-refractivity contribution in [3.05, 3.63) is 58.6 Å². The summed E-state index contributed by atoms with van der Waals surface area (Å²) >= 11 is 7.60. The van der Waals surface area contributed by atoms with Crippen LogP contribution in [-0.2, 0) is 36.4 Å². The molecule has 0 atom stereocenters. The maximum Gasteiger partial charge on any atom is 0.416 e. The summed E-state index contributed by atoms with van der Waals surface area (Å²) in [5.41, 5.74) is -3.10. The number of benzene rings is 2. The van der Waals surface area contributed by atoms with Gasteiger partial charge in [-0.1, -0.05) is 35.5 Å². The molecule has 12 heteroatoms. The number of hydrogen-bond acceptors (Lipinski definition) is 7. The van der Waals surface area contributed by atoms with Crippen LogP contribution < -0.4 is 5.32 Å². The molecule has 220 valence electrons. The van der Waals surface area contributed by atoms with Gasteiger partial charge in [0.05, 0.1) is 18.8 Å². The molecule has 1 amide bonds. The molecule has 2 aromatic rings. The van der Waals surface area contributed by atoms with Gasteiger partial charge in [-0.05, 0) is 89.8 Å². The van der Waals surface area contributed by atoms with Crippen LogP contribution >= 0.6 is 23.4 Å². The zero-order valence-electron chi connectivity index (χ0n) is 22.9. The first kappa shape index (κ1) is 33.3. The Morgan fingerprint density at radius 3 is 2.05 bits per heavy atom. The first-order valence-electron chi connectivity index (χ1n) is 12.6. The molecule has 1 N–H and O–H groups in total. The van der Waals surface area contributed by atoms with Gasteiger partial charge in [0.25, 0.3) is 0 Å². The minimum atomic E-state index is -4.45. The van der Waals surface area contributed by atoms with E-state index in [-0.39, 0.29) is 26.1 Å². The zero-order valence-corrected chi connectivity index (χ0v) is 24.5. The Kier molecular flexibility index (Phi) is 11.7. The molecule has 0 fully saturated rings. The number of alkyl halides is 3. The second kappa shape index (κ2) is 14.1. The maximum absolute atomic E-state index is 13.0. The summed E-state index contributed by atoms with van der Waals surface area (Å²) in [6.07, 6.45) is -5.07. The van der Waals surface area contributed by atoms with Crippen molar-refractivity contribution in [2.45, 2.75) is 81.0 Å². The summed E-state index contributed by atoms with van der Waals surface area (Å²) in [4.78, 5) is 39.6. The van der Waals surface area contributed by atoms with E-state index in [9.17, 15) is 27.6 Å². The molecule has 0 saturated heterocycles. The summed E-state index contributed by atoms with van der Waals surface area (Å²) in [6, 6.07) is 10.0. The van der Waals surface area contributed by atoms with Gasteiger partial charge < -0.3 is 14.2 Å². The van der Waals surface area contributed by atoms with Gasteiger partial charge in [0, 0.05) is 14.8 Å². The standard InChI is InChI=1S/C28H33ClF3NO6S/c1-6-37-23(34)27(24(35)38-7-2,33-25(36)39-26(3,4)5)15-9-10-18-13-14-21(17-22(18)29)40-20-12-8-11-19(16-20)28(30,31)32/h8,11-14,16-17H,6-7,9-10,15H2,1-5H3,(H,33,36). The van der Waals surface area contributed by atoms with E-state index in [1.165, 1.54) is 6.07 Å². The van der Waals surface area contributed by atoms with Gasteiger partial charge in [-0.25, -0.2) is 14.4 Å². The van der Waals surface area contributed by atoms with E-state index in [0.717, 1.165) is 23.9 Å². The molecule has 40 heavy (non-hydrogen) atoms. The van der Waals surface area contributed by atoms with E-state index in [2.05, 4.69) is 5.32 Å². The monoisotopic (exact) mass is 603 g/mol. The van der Waals surface area contributed by atoms with Gasteiger partial charge in [-0.2, -0.15) is 13.2 Å². The fourth-order valence-electron chi connectivity index (χ4n) is 3.65. The number of esters is 2. The van der Waals surface area contributed by atoms with Crippen molar-refractivity contribution in [1.29, 1.82) is 0 Å². The van der Waals surface area contributed by atoms with Crippen molar-refractivity contribution in [2.75, 3.05) is 13.2 Å². The molecule has 0 spiro atoms. The quantitative estimate of drug-likeness (QED) is 0.165. The lowest BCUT2D eigenvalue weighted by Gasteiger charge is -2.31. The highest BCUT2D eigenvalue weighted by atomic mass is 35.5. The molecule has 0 saturated carbocycles. The largest absolute Gasteiger partial charge is 0.464 e. The van der Waals surface area contributed by atoms with Crippen molar-refractivity contribution in [3.63, 3.8) is 0 Å². The van der Waals surface area contributed by atoms with Crippen LogP contribution in [0.4, 0.5) is 18.0 Å². The molecule has 7 nitrogen and oxygen atoms in total.